The molecule has 1 aliphatic heterocycles. The van der Waals surface area contributed by atoms with Gasteiger partial charge in [-0.25, -0.2) is 9.59 Å². The molecule has 2 heterocycles. The molecule has 0 spiro atoms. The van der Waals surface area contributed by atoms with E-state index in [9.17, 15) is 14.4 Å². The fourth-order valence-electron chi connectivity index (χ4n) is 5.36. The van der Waals surface area contributed by atoms with E-state index in [1.165, 1.54) is 7.11 Å². The number of benzene rings is 3. The zero-order valence-electron chi connectivity index (χ0n) is 23.4. The summed E-state index contributed by atoms with van der Waals surface area (Å²) >= 11 is 0. The number of allylic oxidation sites excluding steroid dienone is 2. The molecule has 7 heteroatoms. The summed E-state index contributed by atoms with van der Waals surface area (Å²) in [6.07, 6.45) is 0.540. The van der Waals surface area contributed by atoms with E-state index in [1.807, 2.05) is 60.7 Å². The van der Waals surface area contributed by atoms with E-state index in [0.717, 1.165) is 11.1 Å². The van der Waals surface area contributed by atoms with E-state index in [-0.39, 0.29) is 23.2 Å². The number of methoxy groups -OCH3 is 1. The lowest BCUT2D eigenvalue weighted by Gasteiger charge is -2.30. The highest BCUT2D eigenvalue weighted by molar-refractivity contribution is 6.01. The number of carbonyl (C=O) groups excluding carboxylic acids is 2. The third kappa shape index (κ3) is 5.31. The molecular formula is C34H31NO6. The van der Waals surface area contributed by atoms with Gasteiger partial charge >= 0.3 is 11.9 Å². The van der Waals surface area contributed by atoms with Gasteiger partial charge in [0.2, 0.25) is 0 Å². The van der Waals surface area contributed by atoms with Crippen molar-refractivity contribution in [2.45, 2.75) is 33.1 Å². The van der Waals surface area contributed by atoms with Crippen LogP contribution in [0.5, 0.6) is 0 Å². The summed E-state index contributed by atoms with van der Waals surface area (Å²) in [6.45, 7) is 5.40. The number of carbonyl (C=O) groups is 2. The molecular weight excluding hydrogens is 518 g/mol. The molecule has 41 heavy (non-hydrogen) atoms. The maximum atomic E-state index is 13.7. The lowest BCUT2D eigenvalue weighted by atomic mass is 9.79. The van der Waals surface area contributed by atoms with Crippen LogP contribution in [-0.4, -0.2) is 25.7 Å². The minimum absolute atomic E-state index is 0.157. The van der Waals surface area contributed by atoms with Gasteiger partial charge in [-0.2, -0.15) is 0 Å². The van der Waals surface area contributed by atoms with Crippen LogP contribution >= 0.6 is 0 Å². The average molecular weight is 550 g/mol. The van der Waals surface area contributed by atoms with E-state index in [4.69, 9.17) is 13.9 Å². The first-order valence-corrected chi connectivity index (χ1v) is 13.4. The van der Waals surface area contributed by atoms with Crippen molar-refractivity contribution in [1.29, 1.82) is 0 Å². The second kappa shape index (κ2) is 11.7. The molecule has 1 aliphatic rings. The molecule has 1 unspecified atom stereocenters. The van der Waals surface area contributed by atoms with Crippen LogP contribution in [0.15, 0.2) is 111 Å². The number of hydrogen-bond acceptors (Lipinski definition) is 7. The molecule has 1 N–H and O–H groups in total. The predicted octanol–water partition coefficient (Wildman–Crippen LogP) is 5.96. The van der Waals surface area contributed by atoms with Crippen molar-refractivity contribution in [3.05, 3.63) is 128 Å². The third-order valence-corrected chi connectivity index (χ3v) is 7.37. The van der Waals surface area contributed by atoms with Gasteiger partial charge in [0.05, 0.1) is 36.2 Å². The highest BCUT2D eigenvalue weighted by Crippen LogP contribution is 2.42. The van der Waals surface area contributed by atoms with E-state index >= 15 is 0 Å². The van der Waals surface area contributed by atoms with Crippen LogP contribution in [0.4, 0.5) is 0 Å². The summed E-state index contributed by atoms with van der Waals surface area (Å²) in [4.78, 5) is 40.5. The highest BCUT2D eigenvalue weighted by Gasteiger charge is 2.39. The Balaban J connectivity index is 1.66. The molecule has 0 aliphatic carbocycles. The van der Waals surface area contributed by atoms with E-state index in [2.05, 4.69) is 5.32 Å². The lowest BCUT2D eigenvalue weighted by molar-refractivity contribution is -0.139. The van der Waals surface area contributed by atoms with Crippen molar-refractivity contribution in [3.63, 3.8) is 0 Å². The number of dihydropyridines is 1. The molecule has 0 fully saturated rings. The molecule has 1 aromatic heterocycles. The number of nitrogens with one attached hydrogen (secondary N) is 1. The summed E-state index contributed by atoms with van der Waals surface area (Å²) in [5.74, 6) is -1.64. The zero-order valence-corrected chi connectivity index (χ0v) is 23.4. The van der Waals surface area contributed by atoms with Gasteiger partial charge in [0.25, 0.3) is 0 Å². The van der Waals surface area contributed by atoms with Crippen LogP contribution in [0.3, 0.4) is 0 Å². The number of rotatable bonds is 7. The van der Waals surface area contributed by atoms with Crippen LogP contribution < -0.4 is 10.7 Å². The third-order valence-electron chi connectivity index (χ3n) is 7.37. The average Bonchev–Trinajstić information content (AvgIpc) is 2.99. The fourth-order valence-corrected chi connectivity index (χ4v) is 5.36. The summed E-state index contributed by atoms with van der Waals surface area (Å²) in [5, 5.41) is 3.51. The largest absolute Gasteiger partial charge is 0.466 e. The molecule has 0 radical (unpaired) electrons. The number of ether oxygens (including phenoxy) is 2. The second-order valence-electron chi connectivity index (χ2n) is 9.97. The van der Waals surface area contributed by atoms with Gasteiger partial charge in [0.15, 0.2) is 5.43 Å². The van der Waals surface area contributed by atoms with Crippen LogP contribution in [0, 0.1) is 6.92 Å². The minimum Gasteiger partial charge on any atom is -0.466 e. The Bertz CT molecular complexity index is 1750. The van der Waals surface area contributed by atoms with Crippen molar-refractivity contribution >= 4 is 22.9 Å². The van der Waals surface area contributed by atoms with Gasteiger partial charge in [-0.15, -0.1) is 0 Å². The van der Waals surface area contributed by atoms with Crippen molar-refractivity contribution < 1.29 is 23.5 Å². The molecule has 7 nitrogen and oxygen atoms in total. The second-order valence-corrected chi connectivity index (χ2v) is 9.97. The first kappa shape index (κ1) is 27.6. The first-order chi connectivity index (χ1) is 19.8. The first-order valence-electron chi connectivity index (χ1n) is 13.4. The van der Waals surface area contributed by atoms with Gasteiger partial charge in [-0.05, 0) is 32.4 Å². The Hall–Kier alpha value is -4.91. The Labute approximate surface area is 238 Å². The van der Waals surface area contributed by atoms with Crippen molar-refractivity contribution in [2.24, 2.45) is 0 Å². The molecule has 0 amide bonds. The van der Waals surface area contributed by atoms with E-state index < -0.39 is 17.9 Å². The minimum atomic E-state index is -0.897. The van der Waals surface area contributed by atoms with Crippen LogP contribution in [0.2, 0.25) is 0 Å². The Morgan fingerprint density at radius 1 is 0.829 bits per heavy atom. The Kier molecular flexibility index (Phi) is 7.88. The van der Waals surface area contributed by atoms with E-state index in [0.29, 0.717) is 45.7 Å². The van der Waals surface area contributed by atoms with E-state index in [1.54, 1.807) is 39.0 Å². The summed E-state index contributed by atoms with van der Waals surface area (Å²) in [7, 11) is 1.29. The monoisotopic (exact) mass is 549 g/mol. The summed E-state index contributed by atoms with van der Waals surface area (Å²) in [5.41, 5.74) is 4.43. The van der Waals surface area contributed by atoms with Crippen molar-refractivity contribution in [3.8, 4) is 11.3 Å². The SMILES string of the molecule is COC(=O)C1=C(C)NC(C)=C(C(=O)OCCc2ccccc2)C1c1cccc2c(=O)c(C)c(-c3ccccc3)oc12. The molecule has 5 rings (SSSR count). The number of fused-ring (bicyclic) bond motifs is 1. The normalized spacial score (nSPS) is 15.1. The molecule has 4 aromatic rings. The summed E-state index contributed by atoms with van der Waals surface area (Å²) < 4.78 is 17.4. The standard InChI is InChI=1S/C34H31NO6/c1-20-30(36)26-17-11-16-25(32(26)41-31(20)24-14-9-6-10-15-24)29-27(33(37)39-4)21(2)35-22(3)28(29)34(38)40-19-18-23-12-7-5-8-13-23/h5-17,29,35H,18-19H2,1-4H3. The van der Waals surface area contributed by atoms with Gasteiger partial charge in [-0.3, -0.25) is 4.79 Å². The van der Waals surface area contributed by atoms with Crippen LogP contribution in [0.25, 0.3) is 22.3 Å². The molecule has 0 saturated carbocycles. The maximum Gasteiger partial charge on any atom is 0.336 e. The topological polar surface area (TPSA) is 94.8 Å². The zero-order chi connectivity index (χ0) is 29.1. The van der Waals surface area contributed by atoms with Gasteiger partial charge in [0.1, 0.15) is 11.3 Å². The molecule has 0 saturated heterocycles. The molecule has 3 aromatic carbocycles. The van der Waals surface area contributed by atoms with Crippen molar-refractivity contribution in [1.82, 2.24) is 5.32 Å². The predicted molar refractivity (Wildman–Crippen MR) is 157 cm³/mol. The molecule has 208 valence electrons. The maximum absolute atomic E-state index is 13.7. The summed E-state index contributed by atoms with van der Waals surface area (Å²) in [6, 6.07) is 24.3. The van der Waals surface area contributed by atoms with Crippen LogP contribution in [-0.2, 0) is 25.5 Å². The number of hydrogen-bond donors (Lipinski definition) is 1. The fraction of sp³-hybridized carbons (Fsp3) is 0.206. The molecule has 1 atom stereocenters. The van der Waals surface area contributed by atoms with Crippen molar-refractivity contribution in [2.75, 3.05) is 13.7 Å². The van der Waals surface area contributed by atoms with Crippen LogP contribution in [0.1, 0.15) is 36.5 Å². The highest BCUT2D eigenvalue weighted by atomic mass is 16.5. The van der Waals surface area contributed by atoms with Gasteiger partial charge in [0, 0.05) is 34.5 Å². The molecule has 0 bridgehead atoms. The van der Waals surface area contributed by atoms with Gasteiger partial charge in [-0.1, -0.05) is 72.8 Å². The quantitative estimate of drug-likeness (QED) is 0.284. The number of esters is 2. The van der Waals surface area contributed by atoms with Gasteiger partial charge < -0.3 is 19.2 Å². The smallest absolute Gasteiger partial charge is 0.336 e. The number of para-hydroxylation sites is 1. The Morgan fingerprint density at radius 3 is 2.12 bits per heavy atom. The lowest BCUT2D eigenvalue weighted by Crippen LogP contribution is -2.32. The Morgan fingerprint density at radius 2 is 1.46 bits per heavy atom.